The first-order chi connectivity index (χ1) is 9.58. The molecule has 0 atom stereocenters. The van der Waals surface area contributed by atoms with Gasteiger partial charge in [-0.1, -0.05) is 23.7 Å². The van der Waals surface area contributed by atoms with Gasteiger partial charge in [0.15, 0.2) is 5.78 Å². The van der Waals surface area contributed by atoms with E-state index in [1.54, 1.807) is 23.5 Å². The molecule has 20 heavy (non-hydrogen) atoms. The Morgan fingerprint density at radius 1 is 1.20 bits per heavy atom. The summed E-state index contributed by atoms with van der Waals surface area (Å²) in [5.41, 5.74) is 1.38. The fourth-order valence-electron chi connectivity index (χ4n) is 2.01. The van der Waals surface area contributed by atoms with E-state index >= 15 is 0 Å². The lowest BCUT2D eigenvalue weighted by molar-refractivity contribution is 0.104. The number of rotatable bonds is 2. The first-order valence-corrected chi connectivity index (χ1v) is 8.86. The van der Waals surface area contributed by atoms with Gasteiger partial charge in [-0.25, -0.2) is 0 Å². The van der Waals surface area contributed by atoms with Crippen molar-refractivity contribution in [2.24, 2.45) is 0 Å². The van der Waals surface area contributed by atoms with Gasteiger partial charge in [-0.05, 0) is 62.8 Å². The van der Waals surface area contributed by atoms with Gasteiger partial charge >= 0.3 is 0 Å². The zero-order valence-corrected chi connectivity index (χ0v) is 15.3. The number of hydrogen-bond donors (Lipinski definition) is 0. The zero-order chi connectivity index (χ0) is 14.3. The molecule has 0 bridgehead atoms. The molecule has 3 rings (SSSR count). The van der Waals surface area contributed by atoms with E-state index in [4.69, 9.17) is 11.6 Å². The van der Waals surface area contributed by atoms with Gasteiger partial charge in [0, 0.05) is 39.7 Å². The monoisotopic (exact) mass is 476 g/mol. The summed E-state index contributed by atoms with van der Waals surface area (Å²) >= 11 is 13.3. The topological polar surface area (TPSA) is 17.1 Å². The van der Waals surface area contributed by atoms with E-state index in [2.05, 4.69) is 38.5 Å². The smallest absolute Gasteiger partial charge is 0.195 e. The van der Waals surface area contributed by atoms with Crippen LogP contribution < -0.4 is 0 Å². The Labute approximate surface area is 147 Å². The molecule has 0 aliphatic heterocycles. The number of carbonyl (C=O) groups is 1. The molecule has 0 N–H and O–H groups in total. The average molecular weight is 478 g/mol. The average Bonchev–Trinajstić information content (AvgIpc) is 2.86. The summed E-state index contributed by atoms with van der Waals surface area (Å²) in [7, 11) is 0. The lowest BCUT2D eigenvalue weighted by Gasteiger charge is -2.04. The van der Waals surface area contributed by atoms with Gasteiger partial charge in [0.2, 0.25) is 0 Å². The van der Waals surface area contributed by atoms with Crippen LogP contribution in [0, 0.1) is 3.57 Å². The largest absolute Gasteiger partial charge is 0.289 e. The molecule has 0 saturated carbocycles. The number of benzene rings is 2. The van der Waals surface area contributed by atoms with Gasteiger partial charge in [0.05, 0.1) is 0 Å². The third-order valence-electron chi connectivity index (χ3n) is 2.97. The Hall–Kier alpha value is -0.430. The summed E-state index contributed by atoms with van der Waals surface area (Å²) in [5.74, 6) is 0.0150. The van der Waals surface area contributed by atoms with Gasteiger partial charge in [-0.15, -0.1) is 11.3 Å². The Morgan fingerprint density at radius 3 is 2.80 bits per heavy atom. The summed E-state index contributed by atoms with van der Waals surface area (Å²) < 4.78 is 3.01. The van der Waals surface area contributed by atoms with Crippen molar-refractivity contribution >= 4 is 77.3 Å². The number of thiophene rings is 1. The second kappa shape index (κ2) is 5.75. The second-order valence-electron chi connectivity index (χ2n) is 4.22. The molecule has 0 radical (unpaired) electrons. The van der Waals surface area contributed by atoms with Crippen molar-refractivity contribution in [3.8, 4) is 0 Å². The highest BCUT2D eigenvalue weighted by Crippen LogP contribution is 2.34. The van der Waals surface area contributed by atoms with E-state index < -0.39 is 0 Å². The Bertz CT molecular complexity index is 828. The molecule has 1 nitrogen and oxygen atoms in total. The molecule has 100 valence electrons. The standard InChI is InChI=1S/C15H7BrClIOS/c16-12-3-1-2-9-11(7-20-15(9)12)14(19)10-6-8(17)4-5-13(10)18/h1-7H. The molecule has 0 aliphatic carbocycles. The predicted octanol–water partition coefficient (Wildman–Crippen LogP) is 6.15. The highest BCUT2D eigenvalue weighted by atomic mass is 127. The van der Waals surface area contributed by atoms with E-state index in [0.29, 0.717) is 10.6 Å². The third kappa shape index (κ3) is 2.54. The molecule has 0 saturated heterocycles. The molecule has 3 aromatic rings. The van der Waals surface area contributed by atoms with E-state index in [1.165, 1.54) is 0 Å². The molecule has 0 amide bonds. The molecule has 2 aromatic carbocycles. The van der Waals surface area contributed by atoms with Crippen LogP contribution in [0.4, 0.5) is 0 Å². The Kier molecular flexibility index (Phi) is 4.17. The van der Waals surface area contributed by atoms with Gasteiger partial charge in [0.1, 0.15) is 0 Å². The first kappa shape index (κ1) is 14.5. The van der Waals surface area contributed by atoms with Crippen LogP contribution in [0.1, 0.15) is 15.9 Å². The quantitative estimate of drug-likeness (QED) is 0.320. The predicted molar refractivity (Wildman–Crippen MR) is 97.1 cm³/mol. The van der Waals surface area contributed by atoms with Crippen molar-refractivity contribution in [1.82, 2.24) is 0 Å². The number of halogens is 3. The first-order valence-electron chi connectivity index (χ1n) is 5.73. The lowest BCUT2D eigenvalue weighted by Crippen LogP contribution is -2.02. The maximum absolute atomic E-state index is 12.7. The fraction of sp³-hybridized carbons (Fsp3) is 0. The molecular formula is C15H7BrClIOS. The summed E-state index contributed by atoms with van der Waals surface area (Å²) in [4.78, 5) is 12.7. The number of ketones is 1. The van der Waals surface area contributed by atoms with Crippen LogP contribution in [-0.2, 0) is 0 Å². The van der Waals surface area contributed by atoms with Crippen molar-refractivity contribution in [3.05, 3.63) is 66.0 Å². The number of carbonyl (C=O) groups excluding carboxylic acids is 1. The van der Waals surface area contributed by atoms with Crippen LogP contribution >= 0.6 is 61.5 Å². The molecule has 5 heteroatoms. The minimum Gasteiger partial charge on any atom is -0.289 e. The third-order valence-corrected chi connectivity index (χ3v) is 6.10. The highest BCUT2D eigenvalue weighted by molar-refractivity contribution is 14.1. The molecule has 1 heterocycles. The number of hydrogen-bond acceptors (Lipinski definition) is 2. The van der Waals surface area contributed by atoms with Crippen LogP contribution in [0.2, 0.25) is 5.02 Å². The van der Waals surface area contributed by atoms with Crippen molar-refractivity contribution in [2.45, 2.75) is 0 Å². The molecule has 0 aliphatic rings. The van der Waals surface area contributed by atoms with Gasteiger partial charge in [-0.3, -0.25) is 4.79 Å². The normalized spacial score (nSPS) is 10.9. The fourth-order valence-corrected chi connectivity index (χ4v) is 4.37. The van der Waals surface area contributed by atoms with Gasteiger partial charge in [-0.2, -0.15) is 0 Å². The maximum atomic E-state index is 12.7. The van der Waals surface area contributed by atoms with Crippen molar-refractivity contribution in [2.75, 3.05) is 0 Å². The summed E-state index contributed by atoms with van der Waals surface area (Å²) in [6.45, 7) is 0. The second-order valence-corrected chi connectivity index (χ2v) is 7.55. The van der Waals surface area contributed by atoms with Crippen LogP contribution in [0.25, 0.3) is 10.1 Å². The van der Waals surface area contributed by atoms with E-state index in [9.17, 15) is 4.79 Å². The number of fused-ring (bicyclic) bond motifs is 1. The lowest BCUT2D eigenvalue weighted by atomic mass is 10.0. The molecule has 1 aromatic heterocycles. The summed E-state index contributed by atoms with van der Waals surface area (Å²) in [6, 6.07) is 11.3. The minimum atomic E-state index is 0.0150. The molecule has 0 unspecified atom stereocenters. The van der Waals surface area contributed by atoms with E-state index in [1.807, 2.05) is 29.6 Å². The summed E-state index contributed by atoms with van der Waals surface area (Å²) in [5, 5.41) is 3.47. The van der Waals surface area contributed by atoms with Crippen LogP contribution in [0.3, 0.4) is 0 Å². The van der Waals surface area contributed by atoms with Crippen LogP contribution in [-0.4, -0.2) is 5.78 Å². The molecule has 0 spiro atoms. The van der Waals surface area contributed by atoms with Crippen LogP contribution in [0.15, 0.2) is 46.3 Å². The van der Waals surface area contributed by atoms with Crippen molar-refractivity contribution in [3.63, 3.8) is 0 Å². The SMILES string of the molecule is O=C(c1cc(Cl)ccc1I)c1csc2c(Br)cccc12. The maximum Gasteiger partial charge on any atom is 0.195 e. The Balaban J connectivity index is 2.18. The van der Waals surface area contributed by atoms with E-state index in [0.717, 1.165) is 23.7 Å². The summed E-state index contributed by atoms with van der Waals surface area (Å²) in [6.07, 6.45) is 0. The van der Waals surface area contributed by atoms with Crippen molar-refractivity contribution in [1.29, 1.82) is 0 Å². The van der Waals surface area contributed by atoms with Gasteiger partial charge in [0.25, 0.3) is 0 Å². The van der Waals surface area contributed by atoms with Crippen LogP contribution in [0.5, 0.6) is 0 Å². The van der Waals surface area contributed by atoms with E-state index in [-0.39, 0.29) is 5.78 Å². The van der Waals surface area contributed by atoms with Gasteiger partial charge < -0.3 is 0 Å². The van der Waals surface area contributed by atoms with Crippen molar-refractivity contribution < 1.29 is 4.79 Å². The molecule has 0 fully saturated rings. The minimum absolute atomic E-state index is 0.0150. The Morgan fingerprint density at radius 2 is 2.00 bits per heavy atom. The molecular weight excluding hydrogens is 470 g/mol. The highest BCUT2D eigenvalue weighted by Gasteiger charge is 2.17. The zero-order valence-electron chi connectivity index (χ0n) is 9.99.